The van der Waals surface area contributed by atoms with Gasteiger partial charge in [0.05, 0.1) is 24.5 Å². The highest BCUT2D eigenvalue weighted by Gasteiger charge is 2.30. The number of fused-ring (bicyclic) bond motifs is 1. The highest BCUT2D eigenvalue weighted by atomic mass is 32.2. The van der Waals surface area contributed by atoms with Crippen molar-refractivity contribution < 1.29 is 27.9 Å². The largest absolute Gasteiger partial charge is 0.480 e. The second kappa shape index (κ2) is 7.58. The minimum Gasteiger partial charge on any atom is -0.480 e. The van der Waals surface area contributed by atoms with E-state index in [1.807, 2.05) is 0 Å². The highest BCUT2D eigenvalue weighted by Crippen LogP contribution is 2.14. The Hall–Kier alpha value is -2.57. The van der Waals surface area contributed by atoms with Gasteiger partial charge in [0.25, 0.3) is 5.91 Å². The molecule has 1 aliphatic heterocycles. The maximum atomic E-state index is 12.8. The molecule has 0 bridgehead atoms. The summed E-state index contributed by atoms with van der Waals surface area (Å²) in [5.74, 6) is -1.49. The summed E-state index contributed by atoms with van der Waals surface area (Å²) in [6.07, 6.45) is 3.44. The van der Waals surface area contributed by atoms with E-state index in [-0.39, 0.29) is 25.6 Å². The van der Waals surface area contributed by atoms with E-state index < -0.39 is 28.6 Å². The van der Waals surface area contributed by atoms with E-state index in [2.05, 4.69) is 10.2 Å². The molecular formula is C15H19N5O6S. The Morgan fingerprint density at radius 3 is 2.89 bits per heavy atom. The van der Waals surface area contributed by atoms with Crippen LogP contribution in [0.25, 0.3) is 5.65 Å². The zero-order valence-corrected chi connectivity index (χ0v) is 15.4. The summed E-state index contributed by atoms with van der Waals surface area (Å²) in [6, 6.07) is 3.32. The number of sulfonamides is 1. The number of morpholine rings is 1. The van der Waals surface area contributed by atoms with Crippen molar-refractivity contribution in [2.45, 2.75) is 6.10 Å². The number of hydrogen-bond acceptors (Lipinski definition) is 7. The number of ether oxygens (including phenoxy) is 1. The van der Waals surface area contributed by atoms with Crippen molar-refractivity contribution in [3.05, 3.63) is 30.2 Å². The van der Waals surface area contributed by atoms with Crippen LogP contribution < -0.4 is 0 Å². The lowest BCUT2D eigenvalue weighted by Gasteiger charge is -2.34. The standard InChI is InChI=1S/C15H19N5O6S/c1-27(24,25)20(9-14(21)22)8-12-7-18(4-5-26-12)15(23)11-2-3-13-17-16-10-19(13)6-11/h2-3,6,10,12H,4-5,7-9H2,1H3,(H,21,22). The van der Waals surface area contributed by atoms with Gasteiger partial charge in [-0.15, -0.1) is 10.2 Å². The van der Waals surface area contributed by atoms with E-state index in [0.717, 1.165) is 10.6 Å². The number of aromatic nitrogens is 3. The molecule has 1 aliphatic rings. The van der Waals surface area contributed by atoms with Crippen molar-refractivity contribution in [2.75, 3.05) is 39.0 Å². The first-order chi connectivity index (χ1) is 12.7. The van der Waals surface area contributed by atoms with Crippen LogP contribution in [0.5, 0.6) is 0 Å². The molecule has 1 N–H and O–H groups in total. The fourth-order valence-electron chi connectivity index (χ4n) is 2.85. The molecule has 1 saturated heterocycles. The van der Waals surface area contributed by atoms with Crippen LogP contribution in [0.1, 0.15) is 10.4 Å². The van der Waals surface area contributed by atoms with E-state index in [1.165, 1.54) is 6.33 Å². The van der Waals surface area contributed by atoms with Gasteiger partial charge in [0, 0.05) is 25.8 Å². The number of aliphatic carboxylic acids is 1. The number of carbonyl (C=O) groups excluding carboxylic acids is 1. The van der Waals surface area contributed by atoms with Crippen molar-refractivity contribution >= 4 is 27.5 Å². The molecule has 0 saturated carbocycles. The third-order valence-electron chi connectivity index (χ3n) is 4.15. The van der Waals surface area contributed by atoms with Gasteiger partial charge in [-0.1, -0.05) is 0 Å². The fourth-order valence-corrected chi connectivity index (χ4v) is 3.63. The minimum atomic E-state index is -3.72. The number of pyridine rings is 1. The third-order valence-corrected chi connectivity index (χ3v) is 5.37. The summed E-state index contributed by atoms with van der Waals surface area (Å²) in [5, 5.41) is 16.6. The van der Waals surface area contributed by atoms with Gasteiger partial charge < -0.3 is 14.7 Å². The Morgan fingerprint density at radius 1 is 1.41 bits per heavy atom. The number of carbonyl (C=O) groups is 2. The van der Waals surface area contributed by atoms with E-state index in [4.69, 9.17) is 9.84 Å². The molecule has 2 aromatic heterocycles. The molecule has 27 heavy (non-hydrogen) atoms. The van der Waals surface area contributed by atoms with Crippen LogP contribution in [0.15, 0.2) is 24.7 Å². The minimum absolute atomic E-state index is 0.139. The van der Waals surface area contributed by atoms with Crippen molar-refractivity contribution in [1.82, 2.24) is 23.8 Å². The highest BCUT2D eigenvalue weighted by molar-refractivity contribution is 7.88. The molecule has 0 aromatic carbocycles. The van der Waals surface area contributed by atoms with Crippen molar-refractivity contribution in [3.8, 4) is 0 Å². The molecule has 2 aromatic rings. The Bertz CT molecular complexity index is 959. The second-order valence-corrected chi connectivity index (χ2v) is 8.19. The Balaban J connectivity index is 1.71. The average Bonchev–Trinajstić information content (AvgIpc) is 3.07. The summed E-state index contributed by atoms with van der Waals surface area (Å²) in [4.78, 5) is 25.2. The van der Waals surface area contributed by atoms with Crippen molar-refractivity contribution in [1.29, 1.82) is 0 Å². The second-order valence-electron chi connectivity index (χ2n) is 6.21. The molecule has 11 nitrogen and oxygen atoms in total. The van der Waals surface area contributed by atoms with Crippen LogP contribution in [-0.4, -0.2) is 94.3 Å². The topological polar surface area (TPSA) is 134 Å². The number of rotatable bonds is 6. The average molecular weight is 397 g/mol. The molecule has 1 atom stereocenters. The van der Waals surface area contributed by atoms with Gasteiger partial charge >= 0.3 is 5.97 Å². The Morgan fingerprint density at radius 2 is 2.19 bits per heavy atom. The normalized spacial score (nSPS) is 18.1. The van der Waals surface area contributed by atoms with Gasteiger partial charge in [0.1, 0.15) is 12.9 Å². The first-order valence-electron chi connectivity index (χ1n) is 8.11. The number of nitrogens with zero attached hydrogens (tertiary/aromatic N) is 5. The van der Waals surface area contributed by atoms with Gasteiger partial charge in [-0.05, 0) is 12.1 Å². The first-order valence-corrected chi connectivity index (χ1v) is 9.96. The molecule has 146 valence electrons. The fraction of sp³-hybridized carbons (Fsp3) is 0.467. The molecule has 3 heterocycles. The van der Waals surface area contributed by atoms with Crippen LogP contribution in [0.3, 0.4) is 0 Å². The maximum Gasteiger partial charge on any atom is 0.318 e. The van der Waals surface area contributed by atoms with Gasteiger partial charge in [0.15, 0.2) is 5.65 Å². The quantitative estimate of drug-likeness (QED) is 0.650. The van der Waals surface area contributed by atoms with Gasteiger partial charge in [-0.25, -0.2) is 8.42 Å². The van der Waals surface area contributed by atoms with Crippen LogP contribution in [-0.2, 0) is 19.6 Å². The molecule has 1 amide bonds. The van der Waals surface area contributed by atoms with E-state index >= 15 is 0 Å². The predicted molar refractivity (Wildman–Crippen MR) is 92.7 cm³/mol. The SMILES string of the molecule is CS(=O)(=O)N(CC(=O)O)CC1CN(C(=O)c2ccc3nncn3c2)CCO1. The summed E-state index contributed by atoms with van der Waals surface area (Å²) in [5.41, 5.74) is 1.05. The molecular weight excluding hydrogens is 378 g/mol. The van der Waals surface area contributed by atoms with Crippen molar-refractivity contribution in [2.24, 2.45) is 0 Å². The molecule has 1 unspecified atom stereocenters. The molecule has 0 aliphatic carbocycles. The van der Waals surface area contributed by atoms with E-state index in [0.29, 0.717) is 17.8 Å². The Kier molecular flexibility index (Phi) is 5.39. The van der Waals surface area contributed by atoms with Gasteiger partial charge in [-0.3, -0.25) is 14.0 Å². The van der Waals surface area contributed by atoms with Crippen LogP contribution >= 0.6 is 0 Å². The van der Waals surface area contributed by atoms with Crippen LogP contribution in [0.2, 0.25) is 0 Å². The summed E-state index contributed by atoms with van der Waals surface area (Å²) in [6.45, 7) is -0.0513. The lowest BCUT2D eigenvalue weighted by Crippen LogP contribution is -2.51. The zero-order valence-electron chi connectivity index (χ0n) is 14.6. The first kappa shape index (κ1) is 19.2. The van der Waals surface area contributed by atoms with E-state index in [1.54, 1.807) is 27.6 Å². The molecule has 0 spiro atoms. The summed E-state index contributed by atoms with van der Waals surface area (Å²) >= 11 is 0. The van der Waals surface area contributed by atoms with Crippen LogP contribution in [0.4, 0.5) is 0 Å². The molecule has 1 fully saturated rings. The molecule has 3 rings (SSSR count). The lowest BCUT2D eigenvalue weighted by atomic mass is 10.2. The number of carboxylic acids is 1. The smallest absolute Gasteiger partial charge is 0.318 e. The van der Waals surface area contributed by atoms with Crippen LogP contribution in [0, 0.1) is 0 Å². The molecule has 0 radical (unpaired) electrons. The summed E-state index contributed by atoms with van der Waals surface area (Å²) in [7, 11) is -3.72. The summed E-state index contributed by atoms with van der Waals surface area (Å²) < 4.78 is 31.6. The van der Waals surface area contributed by atoms with Crippen molar-refractivity contribution in [3.63, 3.8) is 0 Å². The molecule has 12 heteroatoms. The van der Waals surface area contributed by atoms with Gasteiger partial charge in [0.2, 0.25) is 10.0 Å². The van der Waals surface area contributed by atoms with Gasteiger partial charge in [-0.2, -0.15) is 4.31 Å². The number of hydrogen-bond donors (Lipinski definition) is 1. The monoisotopic (exact) mass is 397 g/mol. The zero-order chi connectivity index (χ0) is 19.6. The van der Waals surface area contributed by atoms with E-state index in [9.17, 15) is 18.0 Å². The Labute approximate surface area is 155 Å². The lowest BCUT2D eigenvalue weighted by molar-refractivity contribution is -0.137. The number of carboxylic acid groups (broad SMARTS) is 1. The maximum absolute atomic E-state index is 12.8. The predicted octanol–water partition coefficient (Wildman–Crippen LogP) is -1.08. The number of amides is 1. The third kappa shape index (κ3) is 4.59.